The van der Waals surface area contributed by atoms with Gasteiger partial charge in [-0.2, -0.15) is 5.10 Å². The average Bonchev–Trinajstić information content (AvgIpc) is 2.46. The van der Waals surface area contributed by atoms with Crippen molar-refractivity contribution in [3.8, 4) is 0 Å². The molecule has 0 saturated carbocycles. The predicted octanol–water partition coefficient (Wildman–Crippen LogP) is 1.94. The first-order chi connectivity index (χ1) is 9.17. The topological polar surface area (TPSA) is 59.0 Å². The predicted molar refractivity (Wildman–Crippen MR) is 74.2 cm³/mol. The Morgan fingerprint density at radius 1 is 1.21 bits per heavy atom. The van der Waals surface area contributed by atoms with Gasteiger partial charge in [-0.1, -0.05) is 13.8 Å². The van der Waals surface area contributed by atoms with Gasteiger partial charge >= 0.3 is 0 Å². The zero-order valence-electron chi connectivity index (χ0n) is 12.0. The summed E-state index contributed by atoms with van der Waals surface area (Å²) < 4.78 is 0. The largest absolute Gasteiger partial charge is 0.329 e. The SMILES string of the molecule is CCc1nnc(N2CCCCC2C(C)=O)nc1CC. The van der Waals surface area contributed by atoms with Gasteiger partial charge in [-0.15, -0.1) is 5.10 Å². The Morgan fingerprint density at radius 3 is 2.58 bits per heavy atom. The normalized spacial score (nSPS) is 19.5. The molecule has 0 radical (unpaired) electrons. The number of hydrogen-bond donors (Lipinski definition) is 0. The van der Waals surface area contributed by atoms with Crippen LogP contribution in [0, 0.1) is 0 Å². The van der Waals surface area contributed by atoms with E-state index >= 15 is 0 Å². The van der Waals surface area contributed by atoms with Gasteiger partial charge in [0, 0.05) is 6.54 Å². The zero-order valence-corrected chi connectivity index (χ0v) is 12.0. The van der Waals surface area contributed by atoms with Crippen molar-refractivity contribution in [2.45, 2.75) is 58.9 Å². The third kappa shape index (κ3) is 2.91. The fourth-order valence-electron chi connectivity index (χ4n) is 2.64. The van der Waals surface area contributed by atoms with Crippen molar-refractivity contribution < 1.29 is 4.79 Å². The summed E-state index contributed by atoms with van der Waals surface area (Å²) in [6.45, 7) is 6.63. The first kappa shape index (κ1) is 13.9. The van der Waals surface area contributed by atoms with Gasteiger partial charge in [0.1, 0.15) is 0 Å². The highest BCUT2D eigenvalue weighted by Crippen LogP contribution is 2.22. The summed E-state index contributed by atoms with van der Waals surface area (Å²) in [6, 6.07) is -0.0762. The molecule has 1 aliphatic rings. The van der Waals surface area contributed by atoms with Crippen LogP contribution in [0.4, 0.5) is 5.95 Å². The zero-order chi connectivity index (χ0) is 13.8. The number of aryl methyl sites for hydroxylation is 2. The number of aromatic nitrogens is 3. The van der Waals surface area contributed by atoms with E-state index in [2.05, 4.69) is 29.0 Å². The first-order valence-corrected chi connectivity index (χ1v) is 7.16. The Hall–Kier alpha value is -1.52. The number of anilines is 1. The van der Waals surface area contributed by atoms with E-state index in [1.54, 1.807) is 6.92 Å². The van der Waals surface area contributed by atoms with Crippen molar-refractivity contribution in [2.75, 3.05) is 11.4 Å². The molecular formula is C14H22N4O. The number of ketones is 1. The number of hydrogen-bond acceptors (Lipinski definition) is 5. The summed E-state index contributed by atoms with van der Waals surface area (Å²) in [5, 5.41) is 8.50. The van der Waals surface area contributed by atoms with Gasteiger partial charge in [0.2, 0.25) is 5.95 Å². The third-order valence-electron chi connectivity index (χ3n) is 3.73. The molecule has 5 nitrogen and oxygen atoms in total. The van der Waals surface area contributed by atoms with Gasteiger partial charge in [0.15, 0.2) is 5.78 Å². The molecule has 19 heavy (non-hydrogen) atoms. The summed E-state index contributed by atoms with van der Waals surface area (Å²) in [7, 11) is 0. The molecule has 1 atom stereocenters. The maximum Gasteiger partial charge on any atom is 0.246 e. The highest BCUT2D eigenvalue weighted by molar-refractivity contribution is 5.84. The number of carbonyl (C=O) groups is 1. The molecule has 1 aromatic rings. The van der Waals surface area contributed by atoms with E-state index in [0.717, 1.165) is 50.0 Å². The minimum atomic E-state index is -0.0762. The van der Waals surface area contributed by atoms with Crippen LogP contribution in [0.5, 0.6) is 0 Å². The summed E-state index contributed by atoms with van der Waals surface area (Å²) in [6.07, 6.45) is 4.78. The number of nitrogens with zero attached hydrogens (tertiary/aromatic N) is 4. The maximum atomic E-state index is 11.7. The second-order valence-corrected chi connectivity index (χ2v) is 5.03. The van der Waals surface area contributed by atoms with E-state index in [0.29, 0.717) is 5.95 Å². The molecule has 2 rings (SSSR count). The van der Waals surface area contributed by atoms with Gasteiger partial charge in [-0.25, -0.2) is 4.98 Å². The van der Waals surface area contributed by atoms with Crippen molar-refractivity contribution in [2.24, 2.45) is 0 Å². The molecule has 1 fully saturated rings. The Labute approximate surface area is 114 Å². The minimum absolute atomic E-state index is 0.0762. The Balaban J connectivity index is 2.31. The van der Waals surface area contributed by atoms with Crippen molar-refractivity contribution in [1.29, 1.82) is 0 Å². The third-order valence-corrected chi connectivity index (χ3v) is 3.73. The van der Waals surface area contributed by atoms with Crippen LogP contribution >= 0.6 is 0 Å². The lowest BCUT2D eigenvalue weighted by atomic mass is 10.00. The average molecular weight is 262 g/mol. The molecular weight excluding hydrogens is 240 g/mol. The molecule has 1 unspecified atom stereocenters. The van der Waals surface area contributed by atoms with Crippen LogP contribution in [0.1, 0.15) is 51.4 Å². The summed E-state index contributed by atoms with van der Waals surface area (Å²) in [5.41, 5.74) is 1.96. The molecule has 0 aromatic carbocycles. The van der Waals surface area contributed by atoms with Crippen molar-refractivity contribution in [3.05, 3.63) is 11.4 Å². The van der Waals surface area contributed by atoms with Crippen LogP contribution in [0.3, 0.4) is 0 Å². The van der Waals surface area contributed by atoms with Crippen molar-refractivity contribution >= 4 is 11.7 Å². The molecule has 5 heteroatoms. The van der Waals surface area contributed by atoms with Crippen LogP contribution in [0.2, 0.25) is 0 Å². The number of rotatable bonds is 4. The molecule has 2 heterocycles. The summed E-state index contributed by atoms with van der Waals surface area (Å²) >= 11 is 0. The van der Waals surface area contributed by atoms with Crippen LogP contribution in [0.25, 0.3) is 0 Å². The molecule has 1 aromatic heterocycles. The second-order valence-electron chi connectivity index (χ2n) is 5.03. The standard InChI is InChI=1S/C14H22N4O/c1-4-11-12(5-2)16-17-14(15-11)18-9-7-6-8-13(18)10(3)19/h13H,4-9H2,1-3H3. The maximum absolute atomic E-state index is 11.7. The molecule has 0 bridgehead atoms. The van der Waals surface area contributed by atoms with E-state index < -0.39 is 0 Å². The lowest BCUT2D eigenvalue weighted by molar-refractivity contribution is -0.118. The molecule has 104 valence electrons. The highest BCUT2D eigenvalue weighted by Gasteiger charge is 2.28. The highest BCUT2D eigenvalue weighted by atomic mass is 16.1. The lowest BCUT2D eigenvalue weighted by Gasteiger charge is -2.34. The summed E-state index contributed by atoms with van der Waals surface area (Å²) in [4.78, 5) is 18.4. The second kappa shape index (κ2) is 6.08. The Kier molecular flexibility index (Phi) is 4.45. The van der Waals surface area contributed by atoms with Crippen LogP contribution in [-0.2, 0) is 17.6 Å². The quantitative estimate of drug-likeness (QED) is 0.830. The van der Waals surface area contributed by atoms with Gasteiger partial charge < -0.3 is 4.90 Å². The van der Waals surface area contributed by atoms with Gasteiger partial charge in [0.25, 0.3) is 0 Å². The van der Waals surface area contributed by atoms with Crippen LogP contribution in [0.15, 0.2) is 0 Å². The number of carbonyl (C=O) groups excluding carboxylic acids is 1. The van der Waals surface area contributed by atoms with Gasteiger partial charge in [0.05, 0.1) is 17.4 Å². The van der Waals surface area contributed by atoms with Crippen molar-refractivity contribution in [1.82, 2.24) is 15.2 Å². The van der Waals surface area contributed by atoms with E-state index in [9.17, 15) is 4.79 Å². The Bertz CT molecular complexity index is 461. The number of Topliss-reactive ketones (excluding diaryl/α,β-unsaturated/α-hetero) is 1. The first-order valence-electron chi connectivity index (χ1n) is 7.16. The fourth-order valence-corrected chi connectivity index (χ4v) is 2.64. The molecule has 1 aliphatic heterocycles. The molecule has 0 amide bonds. The molecule has 0 spiro atoms. The van der Waals surface area contributed by atoms with E-state index in [-0.39, 0.29) is 11.8 Å². The van der Waals surface area contributed by atoms with Crippen LogP contribution in [-0.4, -0.2) is 33.6 Å². The molecule has 0 aliphatic carbocycles. The number of piperidine rings is 1. The summed E-state index contributed by atoms with van der Waals surface area (Å²) in [5.74, 6) is 0.815. The fraction of sp³-hybridized carbons (Fsp3) is 0.714. The van der Waals surface area contributed by atoms with Crippen molar-refractivity contribution in [3.63, 3.8) is 0 Å². The van der Waals surface area contributed by atoms with Gasteiger partial charge in [-0.05, 0) is 39.0 Å². The smallest absolute Gasteiger partial charge is 0.246 e. The van der Waals surface area contributed by atoms with E-state index in [1.807, 2.05) is 4.90 Å². The van der Waals surface area contributed by atoms with Crippen LogP contribution < -0.4 is 4.90 Å². The molecule has 1 saturated heterocycles. The van der Waals surface area contributed by atoms with E-state index in [4.69, 9.17) is 0 Å². The lowest BCUT2D eigenvalue weighted by Crippen LogP contribution is -2.45. The minimum Gasteiger partial charge on any atom is -0.329 e. The monoisotopic (exact) mass is 262 g/mol. The Morgan fingerprint density at radius 2 is 1.95 bits per heavy atom. The van der Waals surface area contributed by atoms with E-state index in [1.165, 1.54) is 0 Å². The molecule has 0 N–H and O–H groups in total. The van der Waals surface area contributed by atoms with Gasteiger partial charge in [-0.3, -0.25) is 4.79 Å².